The SMILES string of the molecule is Cc1ncc(CC2(CBr)CC3CC3C2)s1. The van der Waals surface area contributed by atoms with Crippen LogP contribution in [0.15, 0.2) is 6.20 Å². The molecule has 3 heteroatoms. The Hall–Kier alpha value is 0.110. The van der Waals surface area contributed by atoms with E-state index in [1.807, 2.05) is 11.3 Å². The van der Waals surface area contributed by atoms with Gasteiger partial charge in [0.25, 0.3) is 0 Å². The van der Waals surface area contributed by atoms with E-state index in [1.165, 1.54) is 40.9 Å². The highest BCUT2D eigenvalue weighted by Gasteiger charge is 2.53. The Bertz CT molecular complexity index is 363. The highest BCUT2D eigenvalue weighted by atomic mass is 79.9. The topological polar surface area (TPSA) is 12.9 Å². The lowest BCUT2D eigenvalue weighted by molar-refractivity contribution is 0.310. The zero-order valence-corrected chi connectivity index (χ0v) is 11.4. The van der Waals surface area contributed by atoms with E-state index in [0.717, 1.165) is 11.8 Å². The molecule has 3 rings (SSSR count). The van der Waals surface area contributed by atoms with Crippen molar-refractivity contribution in [2.75, 3.05) is 5.33 Å². The molecule has 1 nitrogen and oxygen atoms in total. The fourth-order valence-corrected chi connectivity index (χ4v) is 4.79. The van der Waals surface area contributed by atoms with Gasteiger partial charge in [-0.2, -0.15) is 0 Å². The molecule has 15 heavy (non-hydrogen) atoms. The lowest BCUT2D eigenvalue weighted by atomic mass is 9.81. The van der Waals surface area contributed by atoms with Gasteiger partial charge in [-0.05, 0) is 49.9 Å². The summed E-state index contributed by atoms with van der Waals surface area (Å²) in [5.74, 6) is 2.13. The molecule has 1 aromatic rings. The first-order valence-electron chi connectivity index (χ1n) is 5.68. The second-order valence-corrected chi connectivity index (χ2v) is 7.20. The van der Waals surface area contributed by atoms with E-state index in [4.69, 9.17) is 0 Å². The Balaban J connectivity index is 1.75. The van der Waals surface area contributed by atoms with Crippen molar-refractivity contribution in [3.63, 3.8) is 0 Å². The Morgan fingerprint density at radius 2 is 2.27 bits per heavy atom. The fourth-order valence-electron chi connectivity index (χ4n) is 3.16. The molecule has 0 N–H and O–H groups in total. The number of aromatic nitrogens is 1. The number of fused-ring (bicyclic) bond motifs is 1. The Kier molecular flexibility index (Phi) is 2.44. The van der Waals surface area contributed by atoms with Gasteiger partial charge in [-0.15, -0.1) is 11.3 Å². The highest BCUT2D eigenvalue weighted by Crippen LogP contribution is 2.61. The molecule has 0 amide bonds. The van der Waals surface area contributed by atoms with Gasteiger partial charge >= 0.3 is 0 Å². The van der Waals surface area contributed by atoms with E-state index in [0.29, 0.717) is 5.41 Å². The zero-order valence-electron chi connectivity index (χ0n) is 9.00. The maximum atomic E-state index is 4.36. The van der Waals surface area contributed by atoms with E-state index in [-0.39, 0.29) is 0 Å². The number of halogens is 1. The Morgan fingerprint density at radius 3 is 2.80 bits per heavy atom. The minimum absolute atomic E-state index is 0.562. The van der Waals surface area contributed by atoms with Crippen molar-refractivity contribution in [2.24, 2.45) is 17.3 Å². The lowest BCUT2D eigenvalue weighted by Crippen LogP contribution is -2.23. The minimum Gasteiger partial charge on any atom is -0.250 e. The fraction of sp³-hybridized carbons (Fsp3) is 0.750. The van der Waals surface area contributed by atoms with Crippen molar-refractivity contribution in [3.8, 4) is 0 Å². The lowest BCUT2D eigenvalue weighted by Gasteiger charge is -2.27. The van der Waals surface area contributed by atoms with Crippen molar-refractivity contribution < 1.29 is 0 Å². The van der Waals surface area contributed by atoms with Gasteiger partial charge in [-0.25, -0.2) is 4.98 Å². The number of nitrogens with zero attached hydrogens (tertiary/aromatic N) is 1. The van der Waals surface area contributed by atoms with E-state index >= 15 is 0 Å². The Labute approximate surface area is 103 Å². The number of rotatable bonds is 3. The molecule has 2 saturated carbocycles. The standard InChI is InChI=1S/C12H16BrNS/c1-8-14-6-11(15-8)5-12(7-13)3-9-2-10(9)4-12/h6,9-10H,2-5,7H2,1H3. The molecular formula is C12H16BrNS. The maximum absolute atomic E-state index is 4.36. The molecule has 2 atom stereocenters. The van der Waals surface area contributed by atoms with Crippen LogP contribution in [-0.4, -0.2) is 10.3 Å². The predicted molar refractivity (Wildman–Crippen MR) is 67.6 cm³/mol. The number of hydrogen-bond acceptors (Lipinski definition) is 2. The second-order valence-electron chi connectivity index (χ2n) is 5.32. The average Bonchev–Trinajstić information content (AvgIpc) is 2.65. The third-order valence-electron chi connectivity index (χ3n) is 3.96. The molecule has 2 unspecified atom stereocenters. The molecule has 1 aromatic heterocycles. The van der Waals surface area contributed by atoms with Gasteiger partial charge in [0.05, 0.1) is 5.01 Å². The summed E-state index contributed by atoms with van der Waals surface area (Å²) in [7, 11) is 0. The van der Waals surface area contributed by atoms with Crippen LogP contribution >= 0.6 is 27.3 Å². The molecule has 2 aliphatic rings. The first-order chi connectivity index (χ1) is 7.21. The van der Waals surface area contributed by atoms with Crippen molar-refractivity contribution in [2.45, 2.75) is 32.6 Å². The van der Waals surface area contributed by atoms with Crippen LogP contribution in [0.1, 0.15) is 29.1 Å². The summed E-state index contributed by atoms with van der Waals surface area (Å²) in [5, 5.41) is 2.38. The number of alkyl halides is 1. The summed E-state index contributed by atoms with van der Waals surface area (Å²) >= 11 is 5.60. The number of thiazole rings is 1. The van der Waals surface area contributed by atoms with Crippen LogP contribution in [0.25, 0.3) is 0 Å². The van der Waals surface area contributed by atoms with Crippen LogP contribution in [-0.2, 0) is 6.42 Å². The molecule has 0 aromatic carbocycles. The summed E-state index contributed by atoms with van der Waals surface area (Å²) in [6.45, 7) is 2.10. The molecule has 2 fully saturated rings. The van der Waals surface area contributed by atoms with Crippen molar-refractivity contribution >= 4 is 27.3 Å². The molecule has 0 bridgehead atoms. The second kappa shape index (κ2) is 3.56. The first kappa shape index (κ1) is 10.3. The van der Waals surface area contributed by atoms with E-state index < -0.39 is 0 Å². The van der Waals surface area contributed by atoms with Gasteiger partial charge in [0.2, 0.25) is 0 Å². The normalized spacial score (nSPS) is 38.0. The first-order valence-corrected chi connectivity index (χ1v) is 7.62. The summed E-state index contributed by atoms with van der Waals surface area (Å²) < 4.78 is 0. The third-order valence-corrected chi connectivity index (χ3v) is 6.06. The molecule has 0 spiro atoms. The largest absolute Gasteiger partial charge is 0.250 e. The van der Waals surface area contributed by atoms with Gasteiger partial charge in [0, 0.05) is 16.4 Å². The van der Waals surface area contributed by atoms with E-state index in [1.54, 1.807) is 0 Å². The van der Waals surface area contributed by atoms with Crippen LogP contribution in [0.5, 0.6) is 0 Å². The van der Waals surface area contributed by atoms with Crippen LogP contribution in [0, 0.1) is 24.2 Å². The van der Waals surface area contributed by atoms with Gasteiger partial charge < -0.3 is 0 Å². The van der Waals surface area contributed by atoms with Gasteiger partial charge in [0.1, 0.15) is 0 Å². The quantitative estimate of drug-likeness (QED) is 0.770. The molecule has 0 saturated heterocycles. The summed E-state index contributed by atoms with van der Waals surface area (Å²) in [4.78, 5) is 5.84. The molecule has 2 aliphatic carbocycles. The zero-order chi connectivity index (χ0) is 10.5. The van der Waals surface area contributed by atoms with Crippen LogP contribution in [0.4, 0.5) is 0 Å². The molecule has 1 heterocycles. The molecular weight excluding hydrogens is 270 g/mol. The van der Waals surface area contributed by atoms with Crippen molar-refractivity contribution in [1.82, 2.24) is 4.98 Å². The predicted octanol–water partition coefficient (Wildman–Crippen LogP) is 3.81. The minimum atomic E-state index is 0.562. The Morgan fingerprint density at radius 1 is 1.53 bits per heavy atom. The maximum Gasteiger partial charge on any atom is 0.0896 e. The summed E-state index contributed by atoms with van der Waals surface area (Å²) in [6, 6.07) is 0. The van der Waals surface area contributed by atoms with Crippen molar-refractivity contribution in [1.29, 1.82) is 0 Å². The number of hydrogen-bond donors (Lipinski definition) is 0. The van der Waals surface area contributed by atoms with Crippen LogP contribution in [0.2, 0.25) is 0 Å². The third kappa shape index (κ3) is 1.89. The number of aryl methyl sites for hydroxylation is 1. The van der Waals surface area contributed by atoms with Gasteiger partial charge in [-0.1, -0.05) is 15.9 Å². The van der Waals surface area contributed by atoms with E-state index in [2.05, 4.69) is 34.0 Å². The summed E-state index contributed by atoms with van der Waals surface area (Å²) in [5.41, 5.74) is 0.562. The highest BCUT2D eigenvalue weighted by molar-refractivity contribution is 9.09. The summed E-state index contributed by atoms with van der Waals surface area (Å²) in [6.07, 6.45) is 7.72. The van der Waals surface area contributed by atoms with E-state index in [9.17, 15) is 0 Å². The van der Waals surface area contributed by atoms with Gasteiger partial charge in [0.15, 0.2) is 0 Å². The smallest absolute Gasteiger partial charge is 0.0896 e. The van der Waals surface area contributed by atoms with Crippen LogP contribution in [0.3, 0.4) is 0 Å². The van der Waals surface area contributed by atoms with Crippen LogP contribution < -0.4 is 0 Å². The van der Waals surface area contributed by atoms with Gasteiger partial charge in [-0.3, -0.25) is 0 Å². The molecule has 0 aliphatic heterocycles. The molecule has 82 valence electrons. The average molecular weight is 286 g/mol. The van der Waals surface area contributed by atoms with Crippen molar-refractivity contribution in [3.05, 3.63) is 16.1 Å². The monoisotopic (exact) mass is 285 g/mol. The molecule has 0 radical (unpaired) electrons.